The molecule has 17 heavy (non-hydrogen) atoms. The van der Waals surface area contributed by atoms with Crippen LogP contribution in [-0.4, -0.2) is 20.1 Å². The number of rotatable bonds is 0. The molecule has 3 rings (SSSR count). The standard InChI is InChI=1S/C14H19FN2/c1-17-10-14(7-2-3-8-14)9-16-12-6-4-5-11(15)13(12)17/h4-6,16H,2-3,7-10H2,1H3. The molecule has 1 aromatic rings. The second-order valence-electron chi connectivity index (χ2n) is 5.55. The van der Waals surface area contributed by atoms with E-state index in [1.54, 1.807) is 12.1 Å². The zero-order valence-electron chi connectivity index (χ0n) is 10.3. The lowest BCUT2D eigenvalue weighted by atomic mass is 9.86. The second kappa shape index (κ2) is 3.90. The van der Waals surface area contributed by atoms with Crippen LogP contribution in [0.3, 0.4) is 0 Å². The molecule has 0 unspecified atom stereocenters. The van der Waals surface area contributed by atoms with Gasteiger partial charge in [0.05, 0.1) is 11.4 Å². The van der Waals surface area contributed by atoms with Crippen molar-refractivity contribution < 1.29 is 4.39 Å². The zero-order valence-corrected chi connectivity index (χ0v) is 10.3. The largest absolute Gasteiger partial charge is 0.383 e. The number of hydrogen-bond acceptors (Lipinski definition) is 2. The van der Waals surface area contributed by atoms with Gasteiger partial charge < -0.3 is 10.2 Å². The summed E-state index contributed by atoms with van der Waals surface area (Å²) in [6.45, 7) is 1.95. The van der Waals surface area contributed by atoms with E-state index in [1.165, 1.54) is 25.7 Å². The van der Waals surface area contributed by atoms with Crippen molar-refractivity contribution in [3.8, 4) is 0 Å². The van der Waals surface area contributed by atoms with Crippen LogP contribution in [0.5, 0.6) is 0 Å². The number of halogens is 1. The van der Waals surface area contributed by atoms with Gasteiger partial charge in [0.1, 0.15) is 5.82 Å². The van der Waals surface area contributed by atoms with Gasteiger partial charge in [-0.05, 0) is 25.0 Å². The molecule has 2 aliphatic rings. The topological polar surface area (TPSA) is 15.3 Å². The minimum Gasteiger partial charge on any atom is -0.383 e. The number of nitrogens with one attached hydrogen (secondary N) is 1. The van der Waals surface area contributed by atoms with Crippen LogP contribution < -0.4 is 10.2 Å². The summed E-state index contributed by atoms with van der Waals surface area (Å²) >= 11 is 0. The molecule has 0 atom stereocenters. The Bertz CT molecular complexity index is 424. The molecular weight excluding hydrogens is 215 g/mol. The molecule has 1 aromatic carbocycles. The Balaban J connectivity index is 1.97. The third kappa shape index (κ3) is 1.78. The van der Waals surface area contributed by atoms with Gasteiger partial charge in [-0.2, -0.15) is 0 Å². The van der Waals surface area contributed by atoms with Gasteiger partial charge in [-0.15, -0.1) is 0 Å². The van der Waals surface area contributed by atoms with E-state index in [-0.39, 0.29) is 5.82 Å². The quantitative estimate of drug-likeness (QED) is 0.741. The molecule has 1 aliphatic carbocycles. The maximum Gasteiger partial charge on any atom is 0.148 e. The average Bonchev–Trinajstić information content (AvgIpc) is 2.69. The smallest absolute Gasteiger partial charge is 0.148 e. The molecule has 0 aromatic heterocycles. The first-order valence-corrected chi connectivity index (χ1v) is 6.44. The van der Waals surface area contributed by atoms with Crippen molar-refractivity contribution in [3.05, 3.63) is 24.0 Å². The predicted octanol–water partition coefficient (Wildman–Crippen LogP) is 3.25. The number of anilines is 2. The maximum atomic E-state index is 13.9. The third-order valence-electron chi connectivity index (χ3n) is 4.26. The fraction of sp³-hybridized carbons (Fsp3) is 0.571. The van der Waals surface area contributed by atoms with Crippen molar-refractivity contribution in [1.82, 2.24) is 0 Å². The van der Waals surface area contributed by atoms with E-state index in [0.717, 1.165) is 24.5 Å². The van der Waals surface area contributed by atoms with Gasteiger partial charge in [-0.25, -0.2) is 4.39 Å². The Hall–Kier alpha value is -1.25. The van der Waals surface area contributed by atoms with Crippen LogP contribution in [0, 0.1) is 11.2 Å². The Labute approximate surface area is 102 Å². The van der Waals surface area contributed by atoms with E-state index >= 15 is 0 Å². The van der Waals surface area contributed by atoms with Crippen LogP contribution >= 0.6 is 0 Å². The average molecular weight is 234 g/mol. The summed E-state index contributed by atoms with van der Waals surface area (Å²) in [4.78, 5) is 2.09. The Kier molecular flexibility index (Phi) is 2.49. The molecular formula is C14H19FN2. The number of para-hydroxylation sites is 1. The molecule has 1 heterocycles. The van der Waals surface area contributed by atoms with E-state index in [1.807, 2.05) is 13.1 Å². The molecule has 0 saturated heterocycles. The Morgan fingerprint density at radius 2 is 2.06 bits per heavy atom. The van der Waals surface area contributed by atoms with Gasteiger partial charge in [0, 0.05) is 25.6 Å². The van der Waals surface area contributed by atoms with E-state index < -0.39 is 0 Å². The van der Waals surface area contributed by atoms with Crippen molar-refractivity contribution in [2.45, 2.75) is 25.7 Å². The highest BCUT2D eigenvalue weighted by Gasteiger charge is 2.37. The molecule has 92 valence electrons. The summed E-state index contributed by atoms with van der Waals surface area (Å²) in [5, 5.41) is 3.45. The monoisotopic (exact) mass is 234 g/mol. The van der Waals surface area contributed by atoms with Crippen LogP contribution in [0.25, 0.3) is 0 Å². The Morgan fingerprint density at radius 1 is 1.29 bits per heavy atom. The molecule has 1 saturated carbocycles. The molecule has 0 amide bonds. The van der Waals surface area contributed by atoms with Crippen molar-refractivity contribution >= 4 is 11.4 Å². The third-order valence-corrected chi connectivity index (χ3v) is 4.26. The van der Waals surface area contributed by atoms with Crippen LogP contribution in [0.2, 0.25) is 0 Å². The van der Waals surface area contributed by atoms with Crippen molar-refractivity contribution in [2.24, 2.45) is 5.41 Å². The van der Waals surface area contributed by atoms with E-state index in [2.05, 4.69) is 10.2 Å². The second-order valence-corrected chi connectivity index (χ2v) is 5.55. The fourth-order valence-electron chi connectivity index (χ4n) is 3.43. The van der Waals surface area contributed by atoms with Crippen LogP contribution in [0.4, 0.5) is 15.8 Å². The van der Waals surface area contributed by atoms with E-state index in [4.69, 9.17) is 0 Å². The highest BCUT2D eigenvalue weighted by atomic mass is 19.1. The molecule has 0 bridgehead atoms. The van der Waals surface area contributed by atoms with Gasteiger partial charge in [0.2, 0.25) is 0 Å². The lowest BCUT2D eigenvalue weighted by molar-refractivity contribution is 0.330. The lowest BCUT2D eigenvalue weighted by Crippen LogP contribution is -2.36. The number of fused-ring (bicyclic) bond motifs is 1. The number of hydrogen-bond donors (Lipinski definition) is 1. The summed E-state index contributed by atoms with van der Waals surface area (Å²) < 4.78 is 13.9. The first-order valence-electron chi connectivity index (χ1n) is 6.44. The first kappa shape index (κ1) is 10.9. The summed E-state index contributed by atoms with van der Waals surface area (Å²) in [6.07, 6.45) is 5.16. The van der Waals surface area contributed by atoms with Gasteiger partial charge in [-0.3, -0.25) is 0 Å². The van der Waals surface area contributed by atoms with Crippen LogP contribution in [-0.2, 0) is 0 Å². The molecule has 0 radical (unpaired) electrons. The summed E-state index contributed by atoms with van der Waals surface area (Å²) in [6, 6.07) is 5.30. The SMILES string of the molecule is CN1CC2(CCCC2)CNc2cccc(F)c21. The Morgan fingerprint density at radius 3 is 2.82 bits per heavy atom. The summed E-state index contributed by atoms with van der Waals surface area (Å²) in [7, 11) is 2.01. The highest BCUT2D eigenvalue weighted by Crippen LogP contribution is 2.43. The summed E-state index contributed by atoms with van der Waals surface area (Å²) in [5.41, 5.74) is 2.02. The van der Waals surface area contributed by atoms with E-state index in [9.17, 15) is 4.39 Å². The van der Waals surface area contributed by atoms with Gasteiger partial charge >= 0.3 is 0 Å². The molecule has 1 spiro atoms. The van der Waals surface area contributed by atoms with Gasteiger partial charge in [-0.1, -0.05) is 18.9 Å². The number of benzene rings is 1. The molecule has 3 heteroatoms. The minimum atomic E-state index is -0.118. The molecule has 1 aliphatic heterocycles. The van der Waals surface area contributed by atoms with Crippen LogP contribution in [0.15, 0.2) is 18.2 Å². The number of nitrogens with zero attached hydrogens (tertiary/aromatic N) is 1. The minimum absolute atomic E-state index is 0.118. The van der Waals surface area contributed by atoms with E-state index in [0.29, 0.717) is 5.41 Å². The van der Waals surface area contributed by atoms with Gasteiger partial charge in [0.25, 0.3) is 0 Å². The highest BCUT2D eigenvalue weighted by molar-refractivity contribution is 5.71. The van der Waals surface area contributed by atoms with Gasteiger partial charge in [0.15, 0.2) is 0 Å². The lowest BCUT2D eigenvalue weighted by Gasteiger charge is -2.31. The van der Waals surface area contributed by atoms with Crippen molar-refractivity contribution in [3.63, 3.8) is 0 Å². The van der Waals surface area contributed by atoms with Crippen molar-refractivity contribution in [1.29, 1.82) is 0 Å². The fourth-order valence-corrected chi connectivity index (χ4v) is 3.43. The predicted molar refractivity (Wildman–Crippen MR) is 69.1 cm³/mol. The molecule has 1 fully saturated rings. The zero-order chi connectivity index (χ0) is 11.9. The normalized spacial score (nSPS) is 22.1. The molecule has 2 nitrogen and oxygen atoms in total. The molecule has 1 N–H and O–H groups in total. The summed E-state index contributed by atoms with van der Waals surface area (Å²) in [5.74, 6) is -0.118. The first-order chi connectivity index (χ1) is 8.20. The maximum absolute atomic E-state index is 13.9. The van der Waals surface area contributed by atoms with Crippen LogP contribution in [0.1, 0.15) is 25.7 Å². The van der Waals surface area contributed by atoms with Crippen molar-refractivity contribution in [2.75, 3.05) is 30.4 Å².